The maximum Gasteiger partial charge on any atom is 0.226 e. The standard InChI is InChI=1S/C18H28N2O/c1-3-16(19-4-2)11-8-14-20-17-12-6-5-9-15(17)10-7-13-18(20)21/h5-6,9,12,16,19H,3-4,7-8,10-11,13-14H2,1-2H3. The van der Waals surface area contributed by atoms with Crippen molar-refractivity contribution in [3.8, 4) is 0 Å². The summed E-state index contributed by atoms with van der Waals surface area (Å²) in [5.74, 6) is 0.288. The fourth-order valence-electron chi connectivity index (χ4n) is 3.17. The third-order valence-electron chi connectivity index (χ3n) is 4.34. The zero-order chi connectivity index (χ0) is 15.1. The molecule has 0 aliphatic carbocycles. The monoisotopic (exact) mass is 288 g/mol. The van der Waals surface area contributed by atoms with E-state index in [1.807, 2.05) is 11.0 Å². The molecule has 21 heavy (non-hydrogen) atoms. The summed E-state index contributed by atoms with van der Waals surface area (Å²) in [6.45, 7) is 6.23. The Morgan fingerprint density at radius 1 is 1.24 bits per heavy atom. The van der Waals surface area contributed by atoms with Gasteiger partial charge in [-0.15, -0.1) is 0 Å². The first-order chi connectivity index (χ1) is 10.3. The van der Waals surface area contributed by atoms with Gasteiger partial charge in [0.25, 0.3) is 0 Å². The number of aryl methyl sites for hydroxylation is 1. The average molecular weight is 288 g/mol. The number of hydrogen-bond donors (Lipinski definition) is 1. The minimum atomic E-state index is 0.288. The summed E-state index contributed by atoms with van der Waals surface area (Å²) in [7, 11) is 0. The Hall–Kier alpha value is -1.35. The van der Waals surface area contributed by atoms with Crippen LogP contribution in [0.5, 0.6) is 0 Å². The molecule has 1 amide bonds. The molecule has 116 valence electrons. The van der Waals surface area contributed by atoms with E-state index in [9.17, 15) is 4.79 Å². The highest BCUT2D eigenvalue weighted by atomic mass is 16.2. The van der Waals surface area contributed by atoms with E-state index in [2.05, 4.69) is 37.4 Å². The quantitative estimate of drug-likeness (QED) is 0.832. The van der Waals surface area contributed by atoms with Gasteiger partial charge in [-0.25, -0.2) is 0 Å². The van der Waals surface area contributed by atoms with Crippen molar-refractivity contribution in [2.45, 2.75) is 58.4 Å². The van der Waals surface area contributed by atoms with E-state index < -0.39 is 0 Å². The Kier molecular flexibility index (Phi) is 6.24. The maximum atomic E-state index is 12.4. The Morgan fingerprint density at radius 2 is 2.05 bits per heavy atom. The molecule has 2 rings (SSSR count). The van der Waals surface area contributed by atoms with Crippen molar-refractivity contribution < 1.29 is 4.79 Å². The lowest BCUT2D eigenvalue weighted by molar-refractivity contribution is -0.118. The van der Waals surface area contributed by atoms with Crippen LogP contribution in [-0.2, 0) is 11.2 Å². The Balaban J connectivity index is 1.99. The van der Waals surface area contributed by atoms with Gasteiger partial charge in [-0.05, 0) is 50.3 Å². The van der Waals surface area contributed by atoms with Crippen LogP contribution in [0.3, 0.4) is 0 Å². The maximum absolute atomic E-state index is 12.4. The van der Waals surface area contributed by atoms with E-state index in [4.69, 9.17) is 0 Å². The highest BCUT2D eigenvalue weighted by molar-refractivity contribution is 5.94. The molecule has 0 aromatic heterocycles. The third-order valence-corrected chi connectivity index (χ3v) is 4.34. The second-order valence-electron chi connectivity index (χ2n) is 5.83. The molecule has 0 saturated carbocycles. The molecule has 0 saturated heterocycles. The van der Waals surface area contributed by atoms with Crippen LogP contribution in [0.15, 0.2) is 24.3 Å². The molecule has 1 aromatic carbocycles. The SMILES string of the molecule is CCNC(CC)CCCN1C(=O)CCCc2ccccc21. The lowest BCUT2D eigenvalue weighted by Gasteiger charge is -2.24. The highest BCUT2D eigenvalue weighted by Crippen LogP contribution is 2.27. The number of hydrogen-bond acceptors (Lipinski definition) is 2. The van der Waals surface area contributed by atoms with Crippen LogP contribution in [0.1, 0.15) is 51.5 Å². The summed E-state index contributed by atoms with van der Waals surface area (Å²) >= 11 is 0. The minimum Gasteiger partial charge on any atom is -0.314 e. The van der Waals surface area contributed by atoms with Crippen LogP contribution < -0.4 is 10.2 Å². The van der Waals surface area contributed by atoms with Gasteiger partial charge in [0.05, 0.1) is 0 Å². The lowest BCUT2D eigenvalue weighted by Crippen LogP contribution is -2.33. The summed E-state index contributed by atoms with van der Waals surface area (Å²) < 4.78 is 0. The zero-order valence-electron chi connectivity index (χ0n) is 13.4. The van der Waals surface area contributed by atoms with Crippen LogP contribution >= 0.6 is 0 Å². The van der Waals surface area contributed by atoms with E-state index in [1.54, 1.807) is 0 Å². The fourth-order valence-corrected chi connectivity index (χ4v) is 3.17. The predicted octanol–water partition coefficient (Wildman–Crippen LogP) is 3.52. The van der Waals surface area contributed by atoms with Gasteiger partial charge < -0.3 is 10.2 Å². The normalized spacial score (nSPS) is 16.5. The molecule has 3 heteroatoms. The van der Waals surface area contributed by atoms with Gasteiger partial charge in [0, 0.05) is 24.7 Å². The number of rotatable bonds is 7. The molecular weight excluding hydrogens is 260 g/mol. The number of fused-ring (bicyclic) bond motifs is 1. The molecule has 1 aliphatic rings. The van der Waals surface area contributed by atoms with Crippen LogP contribution in [0.2, 0.25) is 0 Å². The molecule has 0 spiro atoms. The summed E-state index contributed by atoms with van der Waals surface area (Å²) in [5.41, 5.74) is 2.46. The van der Waals surface area contributed by atoms with Crippen molar-refractivity contribution >= 4 is 11.6 Å². The predicted molar refractivity (Wildman–Crippen MR) is 88.7 cm³/mol. The molecule has 1 heterocycles. The summed E-state index contributed by atoms with van der Waals surface area (Å²) in [4.78, 5) is 14.4. The first-order valence-corrected chi connectivity index (χ1v) is 8.37. The topological polar surface area (TPSA) is 32.3 Å². The van der Waals surface area contributed by atoms with Gasteiger partial charge in [-0.3, -0.25) is 4.79 Å². The van der Waals surface area contributed by atoms with Crippen molar-refractivity contribution in [1.29, 1.82) is 0 Å². The number of nitrogens with zero attached hydrogens (tertiary/aromatic N) is 1. The van der Waals surface area contributed by atoms with E-state index in [0.29, 0.717) is 12.5 Å². The molecule has 0 radical (unpaired) electrons. The van der Waals surface area contributed by atoms with Crippen molar-refractivity contribution in [3.63, 3.8) is 0 Å². The number of benzene rings is 1. The third kappa shape index (κ3) is 4.31. The van der Waals surface area contributed by atoms with E-state index in [-0.39, 0.29) is 5.91 Å². The second kappa shape index (κ2) is 8.18. The van der Waals surface area contributed by atoms with E-state index in [1.165, 1.54) is 5.56 Å². The fraction of sp³-hybridized carbons (Fsp3) is 0.611. The van der Waals surface area contributed by atoms with Gasteiger partial charge in [0.2, 0.25) is 5.91 Å². The number of para-hydroxylation sites is 1. The Bertz CT molecular complexity index is 458. The average Bonchev–Trinajstić information content (AvgIpc) is 2.66. The summed E-state index contributed by atoms with van der Waals surface area (Å²) in [5, 5.41) is 3.51. The van der Waals surface area contributed by atoms with Crippen LogP contribution in [0, 0.1) is 0 Å². The number of carbonyl (C=O) groups is 1. The molecule has 1 aliphatic heterocycles. The van der Waals surface area contributed by atoms with Gasteiger partial charge in [0.1, 0.15) is 0 Å². The molecule has 0 bridgehead atoms. The molecule has 0 fully saturated rings. The van der Waals surface area contributed by atoms with Crippen LogP contribution in [0.25, 0.3) is 0 Å². The molecule has 1 aromatic rings. The number of nitrogens with one attached hydrogen (secondary N) is 1. The number of anilines is 1. The lowest BCUT2D eigenvalue weighted by atomic mass is 10.1. The number of amides is 1. The number of carbonyl (C=O) groups excluding carboxylic acids is 1. The van der Waals surface area contributed by atoms with Crippen LogP contribution in [0.4, 0.5) is 5.69 Å². The summed E-state index contributed by atoms with van der Waals surface area (Å²) in [6, 6.07) is 8.95. The van der Waals surface area contributed by atoms with Gasteiger partial charge in [-0.1, -0.05) is 32.0 Å². The summed E-state index contributed by atoms with van der Waals surface area (Å²) in [6.07, 6.45) is 6.02. The van der Waals surface area contributed by atoms with Gasteiger partial charge >= 0.3 is 0 Å². The smallest absolute Gasteiger partial charge is 0.226 e. The van der Waals surface area contributed by atoms with Crippen LogP contribution in [-0.4, -0.2) is 25.0 Å². The van der Waals surface area contributed by atoms with Gasteiger partial charge in [-0.2, -0.15) is 0 Å². The highest BCUT2D eigenvalue weighted by Gasteiger charge is 2.21. The molecular formula is C18H28N2O. The minimum absolute atomic E-state index is 0.288. The van der Waals surface area contributed by atoms with Crippen molar-refractivity contribution in [2.75, 3.05) is 18.0 Å². The van der Waals surface area contributed by atoms with E-state index >= 15 is 0 Å². The largest absolute Gasteiger partial charge is 0.314 e. The van der Waals surface area contributed by atoms with Crippen molar-refractivity contribution in [2.24, 2.45) is 0 Å². The van der Waals surface area contributed by atoms with Crippen molar-refractivity contribution in [1.82, 2.24) is 5.32 Å². The molecule has 3 nitrogen and oxygen atoms in total. The molecule has 1 unspecified atom stereocenters. The first-order valence-electron chi connectivity index (χ1n) is 8.37. The van der Waals surface area contributed by atoms with E-state index in [0.717, 1.165) is 50.9 Å². The first kappa shape index (κ1) is 16.0. The van der Waals surface area contributed by atoms with Gasteiger partial charge in [0.15, 0.2) is 0 Å². The van der Waals surface area contributed by atoms with Crippen molar-refractivity contribution in [3.05, 3.63) is 29.8 Å². The molecule has 1 N–H and O–H groups in total. The molecule has 1 atom stereocenters. The second-order valence-corrected chi connectivity index (χ2v) is 5.83. The Labute approximate surface area is 128 Å². The zero-order valence-corrected chi connectivity index (χ0v) is 13.4. The Morgan fingerprint density at radius 3 is 2.81 bits per heavy atom.